The second kappa shape index (κ2) is 8.65. The third-order valence-corrected chi connectivity index (χ3v) is 8.38. The van der Waals surface area contributed by atoms with Crippen LogP contribution in [0.25, 0.3) is 0 Å². The Morgan fingerprint density at radius 1 is 1.10 bits per heavy atom. The Hall–Kier alpha value is -1.96. The van der Waals surface area contributed by atoms with E-state index in [9.17, 15) is 12.8 Å². The van der Waals surface area contributed by atoms with E-state index in [0.717, 1.165) is 30.9 Å². The molecule has 0 aliphatic carbocycles. The first-order valence-corrected chi connectivity index (χ1v) is 12.0. The van der Waals surface area contributed by atoms with E-state index < -0.39 is 15.8 Å². The Morgan fingerprint density at radius 2 is 1.83 bits per heavy atom. The molecule has 0 spiro atoms. The number of rotatable bonds is 6. The minimum atomic E-state index is -3.71. The fourth-order valence-corrected chi connectivity index (χ4v) is 6.60. The van der Waals surface area contributed by atoms with Crippen molar-refractivity contribution >= 4 is 10.0 Å². The number of nitrogens with zero attached hydrogens (tertiary/aromatic N) is 2. The Balaban J connectivity index is 1.67. The van der Waals surface area contributed by atoms with E-state index in [2.05, 4.69) is 4.90 Å². The third-order valence-electron chi connectivity index (χ3n) is 6.39. The van der Waals surface area contributed by atoms with Gasteiger partial charge in [-0.25, -0.2) is 12.8 Å². The lowest BCUT2D eigenvalue weighted by atomic mass is 9.88. The quantitative estimate of drug-likeness (QED) is 0.699. The highest BCUT2D eigenvalue weighted by molar-refractivity contribution is 7.89. The normalized spacial score (nSPS) is 23.2. The molecule has 2 heterocycles. The molecule has 0 bridgehead atoms. The van der Waals surface area contributed by atoms with Gasteiger partial charge in [-0.05, 0) is 74.2 Å². The van der Waals surface area contributed by atoms with Crippen LogP contribution in [0.15, 0.2) is 47.4 Å². The highest BCUT2D eigenvalue weighted by atomic mass is 32.2. The van der Waals surface area contributed by atoms with Gasteiger partial charge in [-0.3, -0.25) is 0 Å². The van der Waals surface area contributed by atoms with Crippen LogP contribution in [0.5, 0.6) is 5.75 Å². The number of ether oxygens (including phenoxy) is 1. The van der Waals surface area contributed by atoms with Gasteiger partial charge in [0.1, 0.15) is 11.6 Å². The van der Waals surface area contributed by atoms with Crippen LogP contribution in [0.4, 0.5) is 4.39 Å². The topological polar surface area (TPSA) is 49.9 Å². The number of halogens is 1. The first kappa shape index (κ1) is 21.3. The number of hydrogen-bond donors (Lipinski definition) is 0. The minimum Gasteiger partial charge on any atom is -0.496 e. The number of aryl methyl sites for hydroxylation is 1. The zero-order chi connectivity index (χ0) is 21.3. The Labute approximate surface area is 178 Å². The number of benzene rings is 2. The Bertz CT molecular complexity index is 1010. The molecule has 0 saturated carbocycles. The maximum atomic E-state index is 13.5. The molecule has 0 radical (unpaired) electrons. The Morgan fingerprint density at radius 3 is 2.53 bits per heavy atom. The maximum Gasteiger partial charge on any atom is 0.243 e. The van der Waals surface area contributed by atoms with Crippen LogP contribution >= 0.6 is 0 Å². The molecule has 0 amide bonds. The zero-order valence-electron chi connectivity index (χ0n) is 17.6. The standard InChI is InChI=1S/C23H29FN2O3S/c1-17-13-19(24)9-10-23(17)30(27,28)26-15-18(14-25-11-5-6-12-25)21(16-26)20-7-3-4-8-22(20)29-2/h3-4,7-10,13,18,21H,5-6,11-12,14-16H2,1-2H3. The van der Waals surface area contributed by atoms with Gasteiger partial charge in [0, 0.05) is 25.6 Å². The summed E-state index contributed by atoms with van der Waals surface area (Å²) in [5.74, 6) is 0.602. The fraction of sp³-hybridized carbons (Fsp3) is 0.478. The smallest absolute Gasteiger partial charge is 0.243 e. The molecule has 30 heavy (non-hydrogen) atoms. The monoisotopic (exact) mass is 432 g/mol. The van der Waals surface area contributed by atoms with Crippen molar-refractivity contribution in [1.29, 1.82) is 0 Å². The summed E-state index contributed by atoms with van der Waals surface area (Å²) in [5, 5.41) is 0. The van der Waals surface area contributed by atoms with Gasteiger partial charge in [-0.15, -0.1) is 0 Å². The zero-order valence-corrected chi connectivity index (χ0v) is 18.4. The number of likely N-dealkylation sites (tertiary alicyclic amines) is 1. The van der Waals surface area contributed by atoms with Gasteiger partial charge in [0.05, 0.1) is 12.0 Å². The van der Waals surface area contributed by atoms with Gasteiger partial charge in [0.15, 0.2) is 0 Å². The van der Waals surface area contributed by atoms with E-state index in [1.807, 2.05) is 24.3 Å². The SMILES string of the molecule is COc1ccccc1C1CN(S(=O)(=O)c2ccc(F)cc2C)CC1CN1CCCC1. The van der Waals surface area contributed by atoms with Gasteiger partial charge in [0.2, 0.25) is 10.0 Å². The summed E-state index contributed by atoms with van der Waals surface area (Å²) in [7, 11) is -2.05. The Kier molecular flexibility index (Phi) is 6.14. The van der Waals surface area contributed by atoms with Gasteiger partial charge in [-0.1, -0.05) is 18.2 Å². The van der Waals surface area contributed by atoms with E-state index in [0.29, 0.717) is 18.7 Å². The minimum absolute atomic E-state index is 0.0530. The van der Waals surface area contributed by atoms with Crippen molar-refractivity contribution in [3.05, 3.63) is 59.4 Å². The summed E-state index contributed by atoms with van der Waals surface area (Å²) in [6, 6.07) is 11.8. The highest BCUT2D eigenvalue weighted by Crippen LogP contribution is 2.40. The predicted molar refractivity (Wildman–Crippen MR) is 115 cm³/mol. The predicted octanol–water partition coefficient (Wildman–Crippen LogP) is 3.64. The second-order valence-corrected chi connectivity index (χ2v) is 10.3. The molecular weight excluding hydrogens is 403 g/mol. The van der Waals surface area contributed by atoms with Crippen LogP contribution in [-0.4, -0.2) is 57.5 Å². The van der Waals surface area contributed by atoms with Crippen LogP contribution in [-0.2, 0) is 10.0 Å². The summed E-state index contributed by atoms with van der Waals surface area (Å²) < 4.78 is 47.6. The van der Waals surface area contributed by atoms with Gasteiger partial charge in [0.25, 0.3) is 0 Å². The van der Waals surface area contributed by atoms with Crippen molar-refractivity contribution in [2.24, 2.45) is 5.92 Å². The summed E-state index contributed by atoms with van der Waals surface area (Å²) in [6.07, 6.45) is 2.39. The summed E-state index contributed by atoms with van der Waals surface area (Å²) in [6.45, 7) is 5.51. The largest absolute Gasteiger partial charge is 0.496 e. The summed E-state index contributed by atoms with van der Waals surface area (Å²) in [5.41, 5.74) is 1.49. The van der Waals surface area contributed by atoms with Crippen molar-refractivity contribution in [2.45, 2.75) is 30.6 Å². The molecule has 2 aromatic rings. The van der Waals surface area contributed by atoms with Gasteiger partial charge >= 0.3 is 0 Å². The van der Waals surface area contributed by atoms with Crippen LogP contribution in [0.3, 0.4) is 0 Å². The van der Waals surface area contributed by atoms with Crippen molar-refractivity contribution in [1.82, 2.24) is 9.21 Å². The number of para-hydroxylation sites is 1. The van der Waals surface area contributed by atoms with E-state index in [1.165, 1.54) is 31.0 Å². The van der Waals surface area contributed by atoms with Crippen molar-refractivity contribution in [2.75, 3.05) is 39.8 Å². The molecule has 2 fully saturated rings. The van der Waals surface area contributed by atoms with Gasteiger partial charge < -0.3 is 9.64 Å². The van der Waals surface area contributed by atoms with Crippen molar-refractivity contribution in [3.8, 4) is 5.75 Å². The highest BCUT2D eigenvalue weighted by Gasteiger charge is 2.42. The lowest BCUT2D eigenvalue weighted by Gasteiger charge is -2.25. The van der Waals surface area contributed by atoms with Crippen LogP contribution < -0.4 is 4.74 Å². The molecule has 2 aliphatic rings. The second-order valence-electron chi connectivity index (χ2n) is 8.35. The first-order valence-electron chi connectivity index (χ1n) is 10.5. The van der Waals surface area contributed by atoms with E-state index in [-0.39, 0.29) is 16.7 Å². The molecule has 0 N–H and O–H groups in total. The molecule has 7 heteroatoms. The fourth-order valence-electron chi connectivity index (χ4n) is 4.88. The van der Waals surface area contributed by atoms with Crippen LogP contribution in [0.2, 0.25) is 0 Å². The molecule has 2 unspecified atom stereocenters. The number of hydrogen-bond acceptors (Lipinski definition) is 4. The molecule has 2 aliphatic heterocycles. The summed E-state index contributed by atoms with van der Waals surface area (Å²) in [4.78, 5) is 2.62. The molecule has 2 atom stereocenters. The lowest BCUT2D eigenvalue weighted by molar-refractivity contribution is 0.270. The van der Waals surface area contributed by atoms with Gasteiger partial charge in [-0.2, -0.15) is 4.31 Å². The van der Waals surface area contributed by atoms with E-state index in [1.54, 1.807) is 18.3 Å². The average molecular weight is 433 g/mol. The molecule has 2 aromatic carbocycles. The molecule has 4 rings (SSSR count). The number of sulfonamides is 1. The first-order chi connectivity index (χ1) is 14.4. The molecule has 2 saturated heterocycles. The molecular formula is C23H29FN2O3S. The third kappa shape index (κ3) is 4.11. The van der Waals surface area contributed by atoms with E-state index >= 15 is 0 Å². The lowest BCUT2D eigenvalue weighted by Crippen LogP contribution is -2.32. The van der Waals surface area contributed by atoms with Crippen LogP contribution in [0, 0.1) is 18.7 Å². The van der Waals surface area contributed by atoms with Crippen molar-refractivity contribution < 1.29 is 17.5 Å². The number of methoxy groups -OCH3 is 1. The maximum absolute atomic E-state index is 13.5. The summed E-state index contributed by atoms with van der Waals surface area (Å²) >= 11 is 0. The van der Waals surface area contributed by atoms with Crippen LogP contribution in [0.1, 0.15) is 29.9 Å². The molecule has 5 nitrogen and oxygen atoms in total. The average Bonchev–Trinajstić information content (AvgIpc) is 3.38. The van der Waals surface area contributed by atoms with E-state index in [4.69, 9.17) is 4.74 Å². The molecule has 0 aromatic heterocycles. The van der Waals surface area contributed by atoms with Crippen molar-refractivity contribution in [3.63, 3.8) is 0 Å². The molecule has 162 valence electrons.